The Labute approximate surface area is 208 Å². The van der Waals surface area contributed by atoms with Crippen LogP contribution in [0.2, 0.25) is 0 Å². The molecule has 0 aromatic heterocycles. The Balaban J connectivity index is 2.60. The maximum atomic E-state index is 4.57. The van der Waals surface area contributed by atoms with Crippen molar-refractivity contribution in [2.24, 2.45) is 0 Å². The summed E-state index contributed by atoms with van der Waals surface area (Å²) in [6.45, 7) is 22.9. The lowest BCUT2D eigenvalue weighted by molar-refractivity contribution is 0.283. The zero-order valence-electron chi connectivity index (χ0n) is 21.9. The van der Waals surface area contributed by atoms with Crippen LogP contribution in [0.4, 0.5) is 0 Å². The standard InChI is InChI=1S/C30H44N4/c1-8-11-22-33(21-10-3)27(6)26(5)31-30(32(7)20-9-2)29(34-23-16-13-17-24-34)25(4)28-18-14-12-15-19-28/h8,12,14-15,18-20,31H,1-2,4,10-11,13,16-17,21-24H2,3,5-7H3/b27-26+,30-29+. The number of benzene rings is 1. The van der Waals surface area contributed by atoms with E-state index in [1.807, 2.05) is 19.3 Å². The van der Waals surface area contributed by atoms with E-state index < -0.39 is 0 Å². The van der Waals surface area contributed by atoms with Crippen molar-refractivity contribution in [3.05, 3.63) is 96.6 Å². The van der Waals surface area contributed by atoms with Crippen LogP contribution in [0.15, 0.2) is 91.0 Å². The van der Waals surface area contributed by atoms with Crippen LogP contribution in [-0.2, 0) is 0 Å². The number of piperidine rings is 1. The van der Waals surface area contributed by atoms with Crippen molar-refractivity contribution in [1.82, 2.24) is 20.0 Å². The minimum Gasteiger partial charge on any atom is -0.373 e. The fourth-order valence-electron chi connectivity index (χ4n) is 4.36. The van der Waals surface area contributed by atoms with Crippen molar-refractivity contribution in [3.8, 4) is 0 Å². The molecule has 4 nitrogen and oxygen atoms in total. The number of nitrogens with one attached hydrogen (secondary N) is 1. The fourth-order valence-corrected chi connectivity index (χ4v) is 4.36. The Kier molecular flexibility index (Phi) is 11.4. The van der Waals surface area contributed by atoms with Crippen LogP contribution in [-0.4, -0.2) is 47.9 Å². The van der Waals surface area contributed by atoms with Gasteiger partial charge in [-0.25, -0.2) is 0 Å². The van der Waals surface area contributed by atoms with Gasteiger partial charge in [-0.2, -0.15) is 0 Å². The number of hydrogen-bond donors (Lipinski definition) is 1. The molecule has 1 aromatic rings. The molecule has 184 valence electrons. The first-order valence-electron chi connectivity index (χ1n) is 12.6. The Morgan fingerprint density at radius 1 is 1.12 bits per heavy atom. The molecule has 0 aliphatic carbocycles. The van der Waals surface area contributed by atoms with E-state index in [2.05, 4.69) is 96.6 Å². The zero-order valence-corrected chi connectivity index (χ0v) is 21.9. The molecule has 1 N–H and O–H groups in total. The molecule has 2 rings (SSSR count). The predicted molar refractivity (Wildman–Crippen MR) is 148 cm³/mol. The smallest absolute Gasteiger partial charge is 0.135 e. The van der Waals surface area contributed by atoms with E-state index >= 15 is 0 Å². The lowest BCUT2D eigenvalue weighted by Crippen LogP contribution is -2.37. The fraction of sp³-hybridized carbons (Fsp3) is 0.433. The number of hydrogen-bond acceptors (Lipinski definition) is 4. The quantitative estimate of drug-likeness (QED) is 0.200. The lowest BCUT2D eigenvalue weighted by atomic mass is 10.0. The van der Waals surface area contributed by atoms with E-state index in [9.17, 15) is 0 Å². The molecule has 1 saturated heterocycles. The van der Waals surface area contributed by atoms with E-state index in [4.69, 9.17) is 0 Å². The van der Waals surface area contributed by atoms with Gasteiger partial charge in [0.05, 0.1) is 5.70 Å². The molecule has 0 unspecified atom stereocenters. The molecule has 0 saturated carbocycles. The monoisotopic (exact) mass is 460 g/mol. The normalized spacial score (nSPS) is 14.9. The molecule has 0 amide bonds. The first-order valence-corrected chi connectivity index (χ1v) is 12.6. The molecule has 1 aromatic carbocycles. The van der Waals surface area contributed by atoms with E-state index in [0.29, 0.717) is 0 Å². The molecular weight excluding hydrogens is 416 g/mol. The average molecular weight is 461 g/mol. The minimum absolute atomic E-state index is 0.969. The van der Waals surface area contributed by atoms with Gasteiger partial charge in [0.25, 0.3) is 0 Å². The van der Waals surface area contributed by atoms with Crippen LogP contribution < -0.4 is 5.32 Å². The van der Waals surface area contributed by atoms with Crippen molar-refractivity contribution in [2.75, 3.05) is 33.2 Å². The summed E-state index contributed by atoms with van der Waals surface area (Å²) in [7, 11) is 2.05. The molecule has 0 bridgehead atoms. The zero-order chi connectivity index (χ0) is 24.9. The number of rotatable bonds is 13. The molecule has 1 heterocycles. The third-order valence-corrected chi connectivity index (χ3v) is 6.36. The summed E-state index contributed by atoms with van der Waals surface area (Å²) in [5.41, 5.74) is 8.63. The van der Waals surface area contributed by atoms with Crippen molar-refractivity contribution < 1.29 is 0 Å². The van der Waals surface area contributed by atoms with E-state index in [1.54, 1.807) is 0 Å². The van der Waals surface area contributed by atoms with E-state index in [0.717, 1.165) is 67.4 Å². The molecule has 4 heteroatoms. The summed E-state index contributed by atoms with van der Waals surface area (Å²) in [6.07, 6.45) is 9.61. The molecule has 0 atom stereocenters. The average Bonchev–Trinajstić information content (AvgIpc) is 2.86. The lowest BCUT2D eigenvalue weighted by Gasteiger charge is -2.36. The maximum Gasteiger partial charge on any atom is 0.135 e. The van der Waals surface area contributed by atoms with Crippen LogP contribution in [0.1, 0.15) is 58.4 Å². The molecule has 1 aliphatic rings. The molecule has 1 fully saturated rings. The molecular formula is C30H44N4. The SMILES string of the molecule is C=C=CN(C)/C(N/C(C)=C(\C)N(CCC)CCC=C)=C(\C(=C)c1ccccc1)N1CCCCC1. The third kappa shape index (κ3) is 7.46. The number of allylic oxidation sites excluding steroid dienone is 3. The van der Waals surface area contributed by atoms with Crippen LogP contribution in [0, 0.1) is 0 Å². The summed E-state index contributed by atoms with van der Waals surface area (Å²) in [5.74, 6) is 1.00. The highest BCUT2D eigenvalue weighted by molar-refractivity contribution is 5.77. The third-order valence-electron chi connectivity index (χ3n) is 6.36. The van der Waals surface area contributed by atoms with Gasteiger partial charge in [-0.1, -0.05) is 56.5 Å². The van der Waals surface area contributed by atoms with Crippen LogP contribution in [0.25, 0.3) is 5.57 Å². The maximum absolute atomic E-state index is 4.57. The van der Waals surface area contributed by atoms with Gasteiger partial charge >= 0.3 is 0 Å². The first-order chi connectivity index (χ1) is 16.4. The van der Waals surface area contributed by atoms with Gasteiger partial charge in [-0.05, 0) is 51.5 Å². The summed E-state index contributed by atoms with van der Waals surface area (Å²) >= 11 is 0. The minimum atomic E-state index is 0.969. The van der Waals surface area contributed by atoms with Gasteiger partial charge in [0, 0.05) is 56.4 Å². The van der Waals surface area contributed by atoms with Crippen LogP contribution >= 0.6 is 0 Å². The first kappa shape index (κ1) is 27.1. The highest BCUT2D eigenvalue weighted by Gasteiger charge is 2.23. The highest BCUT2D eigenvalue weighted by Crippen LogP contribution is 2.30. The Hall–Kier alpha value is -3.10. The van der Waals surface area contributed by atoms with Gasteiger partial charge in [0.15, 0.2) is 0 Å². The number of nitrogens with zero attached hydrogens (tertiary/aromatic N) is 3. The van der Waals surface area contributed by atoms with Gasteiger partial charge in [-0.15, -0.1) is 12.3 Å². The van der Waals surface area contributed by atoms with Crippen molar-refractivity contribution >= 4 is 5.57 Å². The molecule has 0 radical (unpaired) electrons. The second-order valence-corrected chi connectivity index (χ2v) is 8.93. The van der Waals surface area contributed by atoms with E-state index in [1.165, 1.54) is 25.0 Å². The van der Waals surface area contributed by atoms with Gasteiger partial charge in [0.2, 0.25) is 0 Å². The molecule has 34 heavy (non-hydrogen) atoms. The van der Waals surface area contributed by atoms with Crippen molar-refractivity contribution in [2.45, 2.75) is 52.9 Å². The summed E-state index contributed by atoms with van der Waals surface area (Å²) in [5, 5.41) is 3.78. The predicted octanol–water partition coefficient (Wildman–Crippen LogP) is 6.71. The Bertz CT molecular complexity index is 912. The molecule has 1 aliphatic heterocycles. The summed E-state index contributed by atoms with van der Waals surface area (Å²) < 4.78 is 0. The van der Waals surface area contributed by atoms with Gasteiger partial charge < -0.3 is 20.0 Å². The highest BCUT2D eigenvalue weighted by atomic mass is 15.3. The van der Waals surface area contributed by atoms with Crippen LogP contribution in [0.3, 0.4) is 0 Å². The summed E-state index contributed by atoms with van der Waals surface area (Å²) in [6, 6.07) is 10.5. The topological polar surface area (TPSA) is 21.8 Å². The number of likely N-dealkylation sites (tertiary alicyclic amines) is 1. The summed E-state index contributed by atoms with van der Waals surface area (Å²) in [4.78, 5) is 7.01. The van der Waals surface area contributed by atoms with Crippen LogP contribution in [0.5, 0.6) is 0 Å². The van der Waals surface area contributed by atoms with Gasteiger partial charge in [-0.3, -0.25) is 0 Å². The molecule has 0 spiro atoms. The Morgan fingerprint density at radius 3 is 2.38 bits per heavy atom. The second kappa shape index (κ2) is 14.2. The largest absolute Gasteiger partial charge is 0.373 e. The second-order valence-electron chi connectivity index (χ2n) is 8.93. The van der Waals surface area contributed by atoms with Gasteiger partial charge in [0.1, 0.15) is 5.82 Å². The van der Waals surface area contributed by atoms with Crippen molar-refractivity contribution in [1.29, 1.82) is 0 Å². The Morgan fingerprint density at radius 2 is 1.79 bits per heavy atom. The van der Waals surface area contributed by atoms with E-state index in [-0.39, 0.29) is 0 Å². The van der Waals surface area contributed by atoms with Crippen molar-refractivity contribution in [3.63, 3.8) is 0 Å².